The molecule has 6 nitrogen and oxygen atoms in total. The maximum Gasteiger partial charge on any atom is 0.317 e. The van der Waals surface area contributed by atoms with Gasteiger partial charge in [-0.05, 0) is 40.9 Å². The van der Waals surface area contributed by atoms with Crippen molar-refractivity contribution < 1.29 is 14.7 Å². The number of hydrogen-bond acceptors (Lipinski definition) is 3. The number of amides is 2. The first kappa shape index (κ1) is 16.7. The highest BCUT2D eigenvalue weighted by atomic mass is 16.4. The minimum absolute atomic E-state index is 0.0546. The average Bonchev–Trinajstić information content (AvgIpc) is 2.22. The fraction of sp³-hybridized carbons (Fsp3) is 0.833. The number of urea groups is 1. The van der Waals surface area contributed by atoms with Crippen LogP contribution in [0.5, 0.6) is 0 Å². The van der Waals surface area contributed by atoms with Crippen LogP contribution in [0.25, 0.3) is 0 Å². The molecule has 0 aliphatic rings. The Morgan fingerprint density at radius 1 is 1.28 bits per heavy atom. The molecule has 0 aliphatic heterocycles. The number of nitrogens with zero attached hydrogens (tertiary/aromatic N) is 2. The number of carbonyl (C=O) groups excluding carboxylic acids is 1. The summed E-state index contributed by atoms with van der Waals surface area (Å²) >= 11 is 0. The lowest BCUT2D eigenvalue weighted by molar-refractivity contribution is -0.137. The van der Waals surface area contributed by atoms with Crippen molar-refractivity contribution in [3.63, 3.8) is 0 Å². The molecule has 1 unspecified atom stereocenters. The standard InChI is InChI=1S/C12H25N3O3/c1-5-15(8-6-7-14(3)4)12(18)13-10(2)9-11(16)17/h10H,5-9H2,1-4H3,(H,13,18)(H,16,17). The van der Waals surface area contributed by atoms with E-state index in [2.05, 4.69) is 10.2 Å². The molecule has 0 aromatic heterocycles. The van der Waals surface area contributed by atoms with Gasteiger partial charge in [0.05, 0.1) is 6.42 Å². The van der Waals surface area contributed by atoms with Crippen LogP contribution in [-0.4, -0.2) is 66.7 Å². The molecule has 1 atom stereocenters. The van der Waals surface area contributed by atoms with E-state index < -0.39 is 5.97 Å². The third-order valence-electron chi connectivity index (χ3n) is 2.55. The highest BCUT2D eigenvalue weighted by Crippen LogP contribution is 1.97. The largest absolute Gasteiger partial charge is 0.481 e. The van der Waals surface area contributed by atoms with Gasteiger partial charge in [-0.1, -0.05) is 0 Å². The van der Waals surface area contributed by atoms with Crippen LogP contribution in [0.15, 0.2) is 0 Å². The summed E-state index contributed by atoms with van der Waals surface area (Å²) in [5.41, 5.74) is 0. The maximum atomic E-state index is 11.9. The lowest BCUT2D eigenvalue weighted by Crippen LogP contribution is -2.45. The first-order valence-corrected chi connectivity index (χ1v) is 6.28. The van der Waals surface area contributed by atoms with Crippen LogP contribution in [0.2, 0.25) is 0 Å². The molecule has 0 radical (unpaired) electrons. The van der Waals surface area contributed by atoms with Gasteiger partial charge in [-0.15, -0.1) is 0 Å². The molecule has 2 amide bonds. The summed E-state index contributed by atoms with van der Waals surface area (Å²) in [7, 11) is 3.98. The number of aliphatic carboxylic acids is 1. The van der Waals surface area contributed by atoms with E-state index in [4.69, 9.17) is 5.11 Å². The minimum atomic E-state index is -0.904. The first-order chi connectivity index (χ1) is 8.36. The van der Waals surface area contributed by atoms with E-state index in [9.17, 15) is 9.59 Å². The molecule has 0 fully saturated rings. The van der Waals surface area contributed by atoms with E-state index >= 15 is 0 Å². The SMILES string of the molecule is CCN(CCCN(C)C)C(=O)NC(C)CC(=O)O. The molecule has 0 saturated heterocycles. The molecule has 2 N–H and O–H groups in total. The Morgan fingerprint density at radius 2 is 1.89 bits per heavy atom. The molecular formula is C12H25N3O3. The minimum Gasteiger partial charge on any atom is -0.481 e. The molecule has 6 heteroatoms. The zero-order valence-electron chi connectivity index (χ0n) is 11.8. The number of nitrogens with one attached hydrogen (secondary N) is 1. The lowest BCUT2D eigenvalue weighted by Gasteiger charge is -2.24. The summed E-state index contributed by atoms with van der Waals surface area (Å²) in [4.78, 5) is 26.1. The smallest absolute Gasteiger partial charge is 0.317 e. The molecule has 0 aromatic carbocycles. The van der Waals surface area contributed by atoms with Gasteiger partial charge in [0, 0.05) is 19.1 Å². The van der Waals surface area contributed by atoms with Gasteiger partial charge in [-0.3, -0.25) is 4.79 Å². The van der Waals surface area contributed by atoms with E-state index in [1.807, 2.05) is 21.0 Å². The third-order valence-corrected chi connectivity index (χ3v) is 2.55. The van der Waals surface area contributed by atoms with Gasteiger partial charge in [0.25, 0.3) is 0 Å². The van der Waals surface area contributed by atoms with Crippen LogP contribution < -0.4 is 5.32 Å². The molecule has 0 aromatic rings. The van der Waals surface area contributed by atoms with Crippen molar-refractivity contribution in [3.8, 4) is 0 Å². The normalized spacial score (nSPS) is 12.3. The fourth-order valence-corrected chi connectivity index (χ4v) is 1.60. The second-order valence-electron chi connectivity index (χ2n) is 4.68. The summed E-state index contributed by atoms with van der Waals surface area (Å²) in [6.45, 7) is 5.84. The van der Waals surface area contributed by atoms with E-state index in [1.54, 1.807) is 11.8 Å². The Labute approximate surface area is 109 Å². The number of carboxylic acid groups (broad SMARTS) is 1. The summed E-state index contributed by atoms with van der Waals surface area (Å²) in [5, 5.41) is 11.3. The van der Waals surface area contributed by atoms with Gasteiger partial charge in [-0.25, -0.2) is 4.79 Å². The Hall–Kier alpha value is -1.30. The van der Waals surface area contributed by atoms with Crippen molar-refractivity contribution in [3.05, 3.63) is 0 Å². The zero-order valence-corrected chi connectivity index (χ0v) is 11.8. The van der Waals surface area contributed by atoms with Crippen molar-refractivity contribution in [1.82, 2.24) is 15.1 Å². The van der Waals surface area contributed by atoms with Crippen LogP contribution in [0.3, 0.4) is 0 Å². The van der Waals surface area contributed by atoms with Crippen molar-refractivity contribution >= 4 is 12.0 Å². The van der Waals surface area contributed by atoms with Gasteiger partial charge in [0.15, 0.2) is 0 Å². The second kappa shape index (κ2) is 8.74. The van der Waals surface area contributed by atoms with Gasteiger partial charge in [-0.2, -0.15) is 0 Å². The number of carboxylic acids is 1. The van der Waals surface area contributed by atoms with E-state index in [1.165, 1.54) is 0 Å². The van der Waals surface area contributed by atoms with Crippen LogP contribution in [0.1, 0.15) is 26.7 Å². The molecular weight excluding hydrogens is 234 g/mol. The topological polar surface area (TPSA) is 72.9 Å². The molecule has 0 saturated carbocycles. The van der Waals surface area contributed by atoms with Crippen LogP contribution in [-0.2, 0) is 4.79 Å². The van der Waals surface area contributed by atoms with E-state index in [0.29, 0.717) is 13.1 Å². The van der Waals surface area contributed by atoms with Crippen LogP contribution in [0, 0.1) is 0 Å². The highest BCUT2D eigenvalue weighted by molar-refractivity contribution is 5.75. The molecule has 18 heavy (non-hydrogen) atoms. The molecule has 0 heterocycles. The van der Waals surface area contributed by atoms with Crippen molar-refractivity contribution in [2.45, 2.75) is 32.7 Å². The Balaban J connectivity index is 4.05. The number of rotatable bonds is 8. The summed E-state index contributed by atoms with van der Waals surface area (Å²) in [6, 6.07) is -0.539. The van der Waals surface area contributed by atoms with Crippen LogP contribution >= 0.6 is 0 Å². The molecule has 0 rings (SSSR count). The molecule has 106 valence electrons. The van der Waals surface area contributed by atoms with E-state index in [-0.39, 0.29) is 18.5 Å². The van der Waals surface area contributed by atoms with Gasteiger partial charge >= 0.3 is 12.0 Å². The molecule has 0 spiro atoms. The van der Waals surface area contributed by atoms with Crippen molar-refractivity contribution in [1.29, 1.82) is 0 Å². The van der Waals surface area contributed by atoms with Crippen molar-refractivity contribution in [2.75, 3.05) is 33.7 Å². The Kier molecular flexibility index (Phi) is 8.11. The number of hydrogen-bond donors (Lipinski definition) is 2. The molecule has 0 aliphatic carbocycles. The summed E-state index contributed by atoms with van der Waals surface area (Å²) in [5.74, 6) is -0.904. The summed E-state index contributed by atoms with van der Waals surface area (Å²) < 4.78 is 0. The van der Waals surface area contributed by atoms with E-state index in [0.717, 1.165) is 13.0 Å². The highest BCUT2D eigenvalue weighted by Gasteiger charge is 2.15. The Bertz CT molecular complexity index is 269. The predicted octanol–water partition coefficient (Wildman–Crippen LogP) is 0.833. The fourth-order valence-electron chi connectivity index (χ4n) is 1.60. The van der Waals surface area contributed by atoms with Gasteiger partial charge < -0.3 is 20.2 Å². The quantitative estimate of drug-likeness (QED) is 0.677. The zero-order chi connectivity index (χ0) is 14.1. The third kappa shape index (κ3) is 7.89. The van der Waals surface area contributed by atoms with Gasteiger partial charge in [0.2, 0.25) is 0 Å². The van der Waals surface area contributed by atoms with Gasteiger partial charge in [0.1, 0.15) is 0 Å². The summed E-state index contributed by atoms with van der Waals surface area (Å²) in [6.07, 6.45) is 0.850. The second-order valence-corrected chi connectivity index (χ2v) is 4.68. The Morgan fingerprint density at radius 3 is 2.33 bits per heavy atom. The average molecular weight is 259 g/mol. The monoisotopic (exact) mass is 259 g/mol. The predicted molar refractivity (Wildman–Crippen MR) is 70.7 cm³/mol. The number of carbonyl (C=O) groups is 2. The molecule has 0 bridgehead atoms. The maximum absolute atomic E-state index is 11.9. The first-order valence-electron chi connectivity index (χ1n) is 6.28. The van der Waals surface area contributed by atoms with Crippen molar-refractivity contribution in [2.24, 2.45) is 0 Å². The lowest BCUT2D eigenvalue weighted by atomic mass is 10.2. The van der Waals surface area contributed by atoms with Crippen LogP contribution in [0.4, 0.5) is 4.79 Å².